The maximum Gasteiger partial charge on any atom is 0.419 e. The van der Waals surface area contributed by atoms with E-state index in [0.717, 1.165) is 17.2 Å². The lowest BCUT2D eigenvalue weighted by molar-refractivity contribution is -0.138. The van der Waals surface area contributed by atoms with Gasteiger partial charge in [-0.05, 0) is 68.8 Å². The van der Waals surface area contributed by atoms with E-state index in [1.807, 2.05) is 4.90 Å². The third-order valence-corrected chi connectivity index (χ3v) is 10.3. The van der Waals surface area contributed by atoms with Gasteiger partial charge in [0, 0.05) is 50.5 Å². The lowest BCUT2D eigenvalue weighted by Crippen LogP contribution is -2.49. The number of halogens is 4. The number of ether oxygens (including phenoxy) is 1. The zero-order valence-electron chi connectivity index (χ0n) is 30.4. The number of nitrogens with zero attached hydrogens (tertiary/aromatic N) is 6. The summed E-state index contributed by atoms with van der Waals surface area (Å²) in [6.45, 7) is 6.87. The SMILES string of the molecule is CC1(C)C(=O)N(c2cnc(C#N)c(C(F)(F)F)c2)C(S)N1c1ccc(OCCN2CCN(CC(=O)Nc3cc(NC4CCC(=O)NC4=O)ccc3F)CC2)cc1. The molecule has 3 N–H and O–H groups in total. The highest BCUT2D eigenvalue weighted by Crippen LogP contribution is 2.42. The Balaban J connectivity index is 0.962. The molecule has 296 valence electrons. The summed E-state index contributed by atoms with van der Waals surface area (Å²) in [4.78, 5) is 60.4. The molecule has 14 nitrogen and oxygen atoms in total. The monoisotopic (exact) mass is 797 g/mol. The van der Waals surface area contributed by atoms with E-state index in [1.54, 1.807) is 43.0 Å². The summed E-state index contributed by atoms with van der Waals surface area (Å²) in [5, 5.41) is 17.0. The van der Waals surface area contributed by atoms with E-state index in [2.05, 4.69) is 38.5 Å². The molecule has 0 saturated carbocycles. The number of imide groups is 1. The maximum atomic E-state index is 14.5. The zero-order valence-corrected chi connectivity index (χ0v) is 31.3. The maximum absolute atomic E-state index is 14.5. The van der Waals surface area contributed by atoms with Crippen LogP contribution < -0.4 is 30.5 Å². The standard InChI is InChI=1S/C37H39F4N9O5S/c1-36(2)34(54)49(24-18-26(37(39,40)41)30(19-42)43-20-24)35(56)50(36)23-4-6-25(7-5-23)55-16-15-47-11-13-48(14-12-47)21-32(52)45-29-17-22(3-8-27(29)38)44-28-9-10-31(51)46-33(28)53/h3-8,17-18,20,28,35,44,56H,9-16,21H2,1-2H3,(H,45,52)(H,46,51,53). The second-order valence-electron chi connectivity index (χ2n) is 14.0. The molecule has 2 unspecified atom stereocenters. The van der Waals surface area contributed by atoms with Gasteiger partial charge in [0.1, 0.15) is 35.8 Å². The Morgan fingerprint density at radius 3 is 2.41 bits per heavy atom. The summed E-state index contributed by atoms with van der Waals surface area (Å²) >= 11 is 4.61. The molecule has 3 aromatic rings. The summed E-state index contributed by atoms with van der Waals surface area (Å²) in [7, 11) is 0. The van der Waals surface area contributed by atoms with Gasteiger partial charge < -0.3 is 20.3 Å². The van der Waals surface area contributed by atoms with Crippen molar-refractivity contribution in [1.29, 1.82) is 5.26 Å². The molecule has 6 rings (SSSR count). The zero-order chi connectivity index (χ0) is 40.4. The molecule has 4 heterocycles. The lowest BCUT2D eigenvalue weighted by Gasteiger charge is -2.34. The highest BCUT2D eigenvalue weighted by Gasteiger charge is 2.52. The molecular weight excluding hydrogens is 759 g/mol. The number of pyridine rings is 1. The van der Waals surface area contributed by atoms with Gasteiger partial charge >= 0.3 is 6.18 Å². The molecule has 3 aliphatic heterocycles. The van der Waals surface area contributed by atoms with E-state index in [1.165, 1.54) is 24.3 Å². The van der Waals surface area contributed by atoms with Crippen molar-refractivity contribution in [2.75, 3.05) is 66.3 Å². The minimum Gasteiger partial charge on any atom is -0.492 e. The predicted octanol–water partition coefficient (Wildman–Crippen LogP) is 3.81. The van der Waals surface area contributed by atoms with Crippen LogP contribution in [0.25, 0.3) is 0 Å². The van der Waals surface area contributed by atoms with Crippen molar-refractivity contribution in [3.63, 3.8) is 0 Å². The number of thiol groups is 1. The minimum atomic E-state index is -4.85. The Morgan fingerprint density at radius 2 is 1.75 bits per heavy atom. The Hall–Kier alpha value is -5.45. The van der Waals surface area contributed by atoms with Crippen LogP contribution in [0.15, 0.2) is 54.7 Å². The number of alkyl halides is 3. The highest BCUT2D eigenvalue weighted by atomic mass is 32.1. The predicted molar refractivity (Wildman–Crippen MR) is 200 cm³/mol. The largest absolute Gasteiger partial charge is 0.492 e. The second-order valence-corrected chi connectivity index (χ2v) is 14.5. The average Bonchev–Trinajstić information content (AvgIpc) is 3.33. The number of benzene rings is 2. The first kappa shape index (κ1) is 40.2. The van der Waals surface area contributed by atoms with Gasteiger partial charge in [-0.3, -0.25) is 39.2 Å². The molecule has 0 spiro atoms. The third kappa shape index (κ3) is 8.82. The van der Waals surface area contributed by atoms with Crippen LogP contribution in [0.1, 0.15) is 37.9 Å². The van der Waals surface area contributed by atoms with E-state index >= 15 is 0 Å². The third-order valence-electron chi connectivity index (χ3n) is 9.81. The first-order valence-corrected chi connectivity index (χ1v) is 18.2. The number of piperidine rings is 1. The van der Waals surface area contributed by atoms with E-state index in [0.29, 0.717) is 62.9 Å². The first-order valence-electron chi connectivity index (χ1n) is 17.7. The van der Waals surface area contributed by atoms with Gasteiger partial charge in [0.05, 0.1) is 29.7 Å². The van der Waals surface area contributed by atoms with E-state index in [9.17, 15) is 36.7 Å². The number of piperazine rings is 1. The van der Waals surface area contributed by atoms with E-state index in [4.69, 9.17) is 10.00 Å². The van der Waals surface area contributed by atoms with Crippen LogP contribution in [0.3, 0.4) is 0 Å². The first-order chi connectivity index (χ1) is 26.5. The summed E-state index contributed by atoms with van der Waals surface area (Å²) in [6, 6.07) is 12.5. The number of nitrogens with one attached hydrogen (secondary N) is 3. The summed E-state index contributed by atoms with van der Waals surface area (Å²) < 4.78 is 61.4. The van der Waals surface area contributed by atoms with Gasteiger partial charge in [-0.2, -0.15) is 18.4 Å². The van der Waals surface area contributed by atoms with Crippen LogP contribution in [-0.2, 0) is 25.4 Å². The van der Waals surface area contributed by atoms with Crippen LogP contribution in [0.4, 0.5) is 40.3 Å². The Labute approximate surface area is 325 Å². The quantitative estimate of drug-likeness (QED) is 0.127. The molecule has 3 fully saturated rings. The fraction of sp³-hybridized carbons (Fsp3) is 0.405. The Kier molecular flexibility index (Phi) is 11.7. The van der Waals surface area contributed by atoms with E-state index < -0.39 is 52.1 Å². The topological polar surface area (TPSA) is 163 Å². The molecule has 2 aromatic carbocycles. The molecule has 0 bridgehead atoms. The van der Waals surface area contributed by atoms with Gasteiger partial charge in [0.25, 0.3) is 5.91 Å². The van der Waals surface area contributed by atoms with Gasteiger partial charge in [-0.25, -0.2) is 9.37 Å². The normalized spacial score (nSPS) is 20.4. The number of nitriles is 1. The number of hydrogen-bond donors (Lipinski definition) is 4. The number of anilines is 4. The van der Waals surface area contributed by atoms with Crippen molar-refractivity contribution in [1.82, 2.24) is 20.1 Å². The van der Waals surface area contributed by atoms with Crippen molar-refractivity contribution in [3.05, 3.63) is 71.8 Å². The van der Waals surface area contributed by atoms with Crippen LogP contribution in [0.2, 0.25) is 0 Å². The van der Waals surface area contributed by atoms with Crippen LogP contribution >= 0.6 is 12.6 Å². The highest BCUT2D eigenvalue weighted by molar-refractivity contribution is 7.81. The molecule has 0 radical (unpaired) electrons. The van der Waals surface area contributed by atoms with Crippen molar-refractivity contribution >= 4 is 59.0 Å². The average molecular weight is 798 g/mol. The molecule has 3 saturated heterocycles. The lowest BCUT2D eigenvalue weighted by atomic mass is 10.0. The Bertz CT molecular complexity index is 2040. The molecule has 4 amide bonds. The Morgan fingerprint density at radius 1 is 1.05 bits per heavy atom. The summed E-state index contributed by atoms with van der Waals surface area (Å²) in [5.41, 5.74) is -3.36. The van der Waals surface area contributed by atoms with Crippen molar-refractivity contribution in [3.8, 4) is 11.8 Å². The van der Waals surface area contributed by atoms with E-state index in [-0.39, 0.29) is 36.2 Å². The van der Waals surface area contributed by atoms with Crippen molar-refractivity contribution in [2.24, 2.45) is 0 Å². The van der Waals surface area contributed by atoms with Crippen molar-refractivity contribution < 1.29 is 41.5 Å². The van der Waals surface area contributed by atoms with Crippen LogP contribution in [0, 0.1) is 17.1 Å². The summed E-state index contributed by atoms with van der Waals surface area (Å²) in [5.74, 6) is -1.75. The number of carbonyl (C=O) groups is 4. The molecule has 0 aliphatic carbocycles. The molecular formula is C37H39F4N9O5S. The molecule has 2 atom stereocenters. The van der Waals surface area contributed by atoms with Gasteiger partial charge in [-0.1, -0.05) is 0 Å². The second kappa shape index (κ2) is 16.3. The molecule has 56 heavy (non-hydrogen) atoms. The van der Waals surface area contributed by atoms with Gasteiger partial charge in [-0.15, -0.1) is 12.6 Å². The van der Waals surface area contributed by atoms with Gasteiger partial charge in [0.15, 0.2) is 11.2 Å². The van der Waals surface area contributed by atoms with Crippen LogP contribution in [-0.4, -0.2) is 101 Å². The summed E-state index contributed by atoms with van der Waals surface area (Å²) in [6.07, 6.45) is -3.30. The minimum absolute atomic E-state index is 0.0234. The number of aromatic nitrogens is 1. The van der Waals surface area contributed by atoms with Gasteiger partial charge in [0.2, 0.25) is 17.7 Å². The number of hydrogen-bond acceptors (Lipinski definition) is 12. The fourth-order valence-electron chi connectivity index (χ4n) is 6.81. The number of amides is 4. The number of rotatable bonds is 11. The molecule has 19 heteroatoms. The smallest absolute Gasteiger partial charge is 0.419 e. The number of carbonyl (C=O) groups excluding carboxylic acids is 4. The molecule has 3 aliphatic rings. The van der Waals surface area contributed by atoms with Crippen LogP contribution in [0.5, 0.6) is 5.75 Å². The fourth-order valence-corrected chi connectivity index (χ4v) is 7.47. The molecule has 1 aromatic heterocycles. The van der Waals surface area contributed by atoms with Crippen molar-refractivity contribution in [2.45, 2.75) is 49.9 Å².